The van der Waals surface area contributed by atoms with Gasteiger partial charge in [0.2, 0.25) is 0 Å². The number of piperazine rings is 1. The summed E-state index contributed by atoms with van der Waals surface area (Å²) in [5.74, 6) is 0. The van der Waals surface area contributed by atoms with Gasteiger partial charge in [-0.25, -0.2) is 0 Å². The van der Waals surface area contributed by atoms with E-state index in [1.807, 2.05) is 0 Å². The van der Waals surface area contributed by atoms with E-state index in [4.69, 9.17) is 0 Å². The smallest absolute Gasteiger partial charge is 0.0549 e. The molecule has 0 saturated carbocycles. The Morgan fingerprint density at radius 3 is 3.13 bits per heavy atom. The minimum absolute atomic E-state index is 0.601. The maximum absolute atomic E-state index is 3.67. The fourth-order valence-electron chi connectivity index (χ4n) is 2.86. The van der Waals surface area contributed by atoms with Gasteiger partial charge < -0.3 is 10.2 Å². The van der Waals surface area contributed by atoms with E-state index in [0.29, 0.717) is 12.1 Å². The summed E-state index contributed by atoms with van der Waals surface area (Å²) >= 11 is 3.67. The molecule has 3 rings (SSSR count). The van der Waals surface area contributed by atoms with Crippen LogP contribution in [0.3, 0.4) is 0 Å². The van der Waals surface area contributed by atoms with Gasteiger partial charge in [-0.2, -0.15) is 0 Å². The highest BCUT2D eigenvalue weighted by Gasteiger charge is 2.35. The monoisotopic (exact) mass is 266 g/mol. The zero-order valence-corrected chi connectivity index (χ0v) is 10.4. The Hall–Kier alpha value is -0.540. The van der Waals surface area contributed by atoms with Crippen LogP contribution in [-0.2, 0) is 6.42 Å². The molecule has 2 aliphatic heterocycles. The van der Waals surface area contributed by atoms with Crippen molar-refractivity contribution >= 4 is 21.6 Å². The van der Waals surface area contributed by atoms with E-state index in [0.717, 1.165) is 13.1 Å². The van der Waals surface area contributed by atoms with E-state index in [1.165, 1.54) is 22.1 Å². The van der Waals surface area contributed by atoms with Gasteiger partial charge in [-0.15, -0.1) is 0 Å². The Labute approximate surface area is 98.8 Å². The fraction of sp³-hybridized carbons (Fsp3) is 0.500. The van der Waals surface area contributed by atoms with Gasteiger partial charge >= 0.3 is 0 Å². The van der Waals surface area contributed by atoms with Crippen molar-refractivity contribution in [2.75, 3.05) is 18.0 Å². The second-order valence-electron chi connectivity index (χ2n) is 4.52. The Bertz CT molecular complexity index is 391. The molecule has 1 aromatic carbocycles. The molecule has 0 radical (unpaired) electrons. The van der Waals surface area contributed by atoms with E-state index in [1.54, 1.807) is 0 Å². The molecule has 3 heteroatoms. The number of anilines is 1. The molecule has 2 nitrogen and oxygen atoms in total. The van der Waals surface area contributed by atoms with Crippen LogP contribution in [0.15, 0.2) is 22.7 Å². The molecule has 2 aliphatic rings. The van der Waals surface area contributed by atoms with Crippen LogP contribution in [0.25, 0.3) is 0 Å². The second-order valence-corrected chi connectivity index (χ2v) is 5.37. The lowest BCUT2D eigenvalue weighted by atomic mass is 10.1. The molecule has 1 aromatic rings. The number of hydrogen-bond acceptors (Lipinski definition) is 2. The van der Waals surface area contributed by atoms with Gasteiger partial charge in [0.05, 0.1) is 5.69 Å². The average Bonchev–Trinajstić information content (AvgIpc) is 2.58. The summed E-state index contributed by atoms with van der Waals surface area (Å²) in [6.07, 6.45) is 1.19. The van der Waals surface area contributed by atoms with Crippen LogP contribution in [0.5, 0.6) is 0 Å². The van der Waals surface area contributed by atoms with Gasteiger partial charge in [0, 0.05) is 29.6 Å². The Kier molecular flexibility index (Phi) is 2.25. The normalized spacial score (nSPS) is 28.8. The first-order valence-electron chi connectivity index (χ1n) is 5.54. The van der Waals surface area contributed by atoms with Crippen molar-refractivity contribution in [1.82, 2.24) is 5.32 Å². The van der Waals surface area contributed by atoms with Gasteiger partial charge in [-0.05, 0) is 40.9 Å². The largest absolute Gasteiger partial charge is 0.362 e. The minimum Gasteiger partial charge on any atom is -0.362 e. The molecule has 1 N–H and O–H groups in total. The summed E-state index contributed by atoms with van der Waals surface area (Å²) < 4.78 is 1.25. The lowest BCUT2D eigenvalue weighted by Crippen LogP contribution is -2.54. The number of benzene rings is 1. The van der Waals surface area contributed by atoms with Crippen LogP contribution >= 0.6 is 15.9 Å². The summed E-state index contributed by atoms with van der Waals surface area (Å²) in [5, 5.41) is 3.50. The molecule has 2 unspecified atom stereocenters. The van der Waals surface area contributed by atoms with Crippen molar-refractivity contribution in [3.8, 4) is 0 Å². The van der Waals surface area contributed by atoms with E-state index in [2.05, 4.69) is 51.3 Å². The van der Waals surface area contributed by atoms with Crippen molar-refractivity contribution < 1.29 is 0 Å². The van der Waals surface area contributed by atoms with Crippen LogP contribution in [0.1, 0.15) is 12.5 Å². The van der Waals surface area contributed by atoms with Crippen LogP contribution in [0, 0.1) is 0 Å². The third-order valence-electron chi connectivity index (χ3n) is 3.47. The summed E-state index contributed by atoms with van der Waals surface area (Å²) in [6.45, 7) is 4.51. The topological polar surface area (TPSA) is 15.3 Å². The SMILES string of the molecule is CC1CNCC2Cc3cccc(Br)c3N12. The molecule has 15 heavy (non-hydrogen) atoms. The van der Waals surface area contributed by atoms with Crippen molar-refractivity contribution in [3.05, 3.63) is 28.2 Å². The van der Waals surface area contributed by atoms with Gasteiger partial charge in [-0.3, -0.25) is 0 Å². The molecular weight excluding hydrogens is 252 g/mol. The quantitative estimate of drug-likeness (QED) is 0.775. The third kappa shape index (κ3) is 1.41. The van der Waals surface area contributed by atoms with Gasteiger partial charge in [-0.1, -0.05) is 12.1 Å². The lowest BCUT2D eigenvalue weighted by Gasteiger charge is -2.38. The van der Waals surface area contributed by atoms with E-state index in [9.17, 15) is 0 Å². The maximum atomic E-state index is 3.67. The highest BCUT2D eigenvalue weighted by molar-refractivity contribution is 9.10. The molecule has 0 aromatic heterocycles. The number of rotatable bonds is 0. The van der Waals surface area contributed by atoms with Crippen molar-refractivity contribution in [3.63, 3.8) is 0 Å². The number of para-hydroxylation sites is 1. The lowest BCUT2D eigenvalue weighted by molar-refractivity contribution is 0.429. The molecular formula is C12H15BrN2. The summed E-state index contributed by atoms with van der Waals surface area (Å²) in [6, 6.07) is 7.80. The summed E-state index contributed by atoms with van der Waals surface area (Å²) in [4.78, 5) is 2.58. The zero-order chi connectivity index (χ0) is 10.4. The Balaban J connectivity index is 2.08. The maximum Gasteiger partial charge on any atom is 0.0549 e. The number of nitrogens with zero attached hydrogens (tertiary/aromatic N) is 1. The van der Waals surface area contributed by atoms with Crippen molar-refractivity contribution in [2.45, 2.75) is 25.4 Å². The zero-order valence-electron chi connectivity index (χ0n) is 8.83. The second kappa shape index (κ2) is 3.49. The Morgan fingerprint density at radius 1 is 1.40 bits per heavy atom. The van der Waals surface area contributed by atoms with Gasteiger partial charge in [0.1, 0.15) is 0 Å². The van der Waals surface area contributed by atoms with Crippen LogP contribution in [-0.4, -0.2) is 25.2 Å². The van der Waals surface area contributed by atoms with Gasteiger partial charge in [0.15, 0.2) is 0 Å². The molecule has 1 saturated heterocycles. The molecule has 1 fully saturated rings. The number of hydrogen-bond donors (Lipinski definition) is 1. The molecule has 0 amide bonds. The van der Waals surface area contributed by atoms with E-state index >= 15 is 0 Å². The molecule has 0 spiro atoms. The molecule has 80 valence electrons. The van der Waals surface area contributed by atoms with E-state index in [-0.39, 0.29) is 0 Å². The molecule has 2 atom stereocenters. The predicted octanol–water partition coefficient (Wildman–Crippen LogP) is 2.17. The highest BCUT2D eigenvalue weighted by atomic mass is 79.9. The molecule has 0 bridgehead atoms. The Morgan fingerprint density at radius 2 is 2.27 bits per heavy atom. The average molecular weight is 267 g/mol. The first kappa shape index (κ1) is 9.67. The van der Waals surface area contributed by atoms with Crippen molar-refractivity contribution in [1.29, 1.82) is 0 Å². The third-order valence-corrected chi connectivity index (χ3v) is 4.11. The first-order valence-corrected chi connectivity index (χ1v) is 6.33. The predicted molar refractivity (Wildman–Crippen MR) is 66.4 cm³/mol. The fourth-order valence-corrected chi connectivity index (χ4v) is 3.47. The molecule has 0 aliphatic carbocycles. The van der Waals surface area contributed by atoms with Gasteiger partial charge in [0.25, 0.3) is 0 Å². The number of halogens is 1. The minimum atomic E-state index is 0.601. The molecule has 2 heterocycles. The van der Waals surface area contributed by atoms with E-state index < -0.39 is 0 Å². The summed E-state index contributed by atoms with van der Waals surface area (Å²) in [5.41, 5.74) is 2.92. The highest BCUT2D eigenvalue weighted by Crippen LogP contribution is 2.40. The van der Waals surface area contributed by atoms with Crippen molar-refractivity contribution in [2.24, 2.45) is 0 Å². The van der Waals surface area contributed by atoms with Crippen LogP contribution < -0.4 is 10.2 Å². The first-order chi connectivity index (χ1) is 7.27. The standard InChI is InChI=1S/C12H15BrN2/c1-8-6-14-7-10-5-9-3-2-4-11(13)12(9)15(8)10/h2-4,8,10,14H,5-7H2,1H3. The van der Waals surface area contributed by atoms with Crippen LogP contribution in [0.2, 0.25) is 0 Å². The number of fused-ring (bicyclic) bond motifs is 3. The summed E-state index contributed by atoms with van der Waals surface area (Å²) in [7, 11) is 0. The van der Waals surface area contributed by atoms with Crippen LogP contribution in [0.4, 0.5) is 5.69 Å². The number of nitrogens with one attached hydrogen (secondary N) is 1.